The van der Waals surface area contributed by atoms with E-state index in [0.717, 1.165) is 12.1 Å². The standard InChI is InChI=1S/C20H18F2N2O5/c21-20(22)29-16-9-3-13(4-10-16)19(27)28-12-17(25)23-14-5-7-15(8-6-14)24-11-1-2-18(24)26/h3-10,20H,1-2,11-12H2,(H,23,25). The van der Waals surface area contributed by atoms with Crippen molar-refractivity contribution in [3.63, 3.8) is 0 Å². The number of amides is 2. The lowest BCUT2D eigenvalue weighted by Gasteiger charge is -2.16. The molecule has 29 heavy (non-hydrogen) atoms. The van der Waals surface area contributed by atoms with Gasteiger partial charge in [0.2, 0.25) is 5.91 Å². The number of halogens is 2. The summed E-state index contributed by atoms with van der Waals surface area (Å²) in [5.74, 6) is -1.33. The molecule has 0 radical (unpaired) electrons. The second-order valence-corrected chi connectivity index (χ2v) is 6.22. The van der Waals surface area contributed by atoms with Crippen molar-refractivity contribution in [3.05, 3.63) is 54.1 Å². The monoisotopic (exact) mass is 404 g/mol. The zero-order valence-electron chi connectivity index (χ0n) is 15.3. The van der Waals surface area contributed by atoms with Crippen LogP contribution in [-0.4, -0.2) is 37.5 Å². The maximum absolute atomic E-state index is 12.1. The quantitative estimate of drug-likeness (QED) is 0.717. The summed E-state index contributed by atoms with van der Waals surface area (Å²) >= 11 is 0. The van der Waals surface area contributed by atoms with Crippen molar-refractivity contribution >= 4 is 29.2 Å². The fraction of sp³-hybridized carbons (Fsp3) is 0.250. The lowest BCUT2D eigenvalue weighted by atomic mass is 10.2. The minimum Gasteiger partial charge on any atom is -0.452 e. The third-order valence-electron chi connectivity index (χ3n) is 4.19. The zero-order chi connectivity index (χ0) is 20.8. The van der Waals surface area contributed by atoms with Gasteiger partial charge in [-0.1, -0.05) is 0 Å². The molecule has 1 N–H and O–H groups in total. The summed E-state index contributed by atoms with van der Waals surface area (Å²) in [5.41, 5.74) is 1.35. The van der Waals surface area contributed by atoms with Gasteiger partial charge in [0.1, 0.15) is 5.75 Å². The third-order valence-corrected chi connectivity index (χ3v) is 4.19. The van der Waals surface area contributed by atoms with Crippen molar-refractivity contribution in [2.45, 2.75) is 19.5 Å². The van der Waals surface area contributed by atoms with E-state index in [9.17, 15) is 23.2 Å². The van der Waals surface area contributed by atoms with Gasteiger partial charge >= 0.3 is 12.6 Å². The van der Waals surface area contributed by atoms with E-state index >= 15 is 0 Å². The molecule has 1 aliphatic rings. The molecule has 2 aromatic rings. The highest BCUT2D eigenvalue weighted by molar-refractivity contribution is 5.97. The summed E-state index contributed by atoms with van der Waals surface area (Å²) < 4.78 is 33.3. The van der Waals surface area contributed by atoms with E-state index in [1.807, 2.05) is 0 Å². The minimum atomic E-state index is -2.96. The number of carbonyl (C=O) groups is 3. The van der Waals surface area contributed by atoms with Crippen molar-refractivity contribution in [2.75, 3.05) is 23.4 Å². The molecule has 0 unspecified atom stereocenters. The van der Waals surface area contributed by atoms with Crippen molar-refractivity contribution in [3.8, 4) is 5.75 Å². The van der Waals surface area contributed by atoms with E-state index < -0.39 is 25.1 Å². The van der Waals surface area contributed by atoms with Gasteiger partial charge in [0.25, 0.3) is 5.91 Å². The lowest BCUT2D eigenvalue weighted by Crippen LogP contribution is -2.23. The fourth-order valence-electron chi connectivity index (χ4n) is 2.83. The molecule has 1 saturated heterocycles. The predicted octanol–water partition coefficient (Wildman–Crippen LogP) is 3.21. The molecule has 1 aliphatic heterocycles. The molecule has 0 saturated carbocycles. The first-order valence-electron chi connectivity index (χ1n) is 8.84. The van der Waals surface area contributed by atoms with E-state index in [4.69, 9.17) is 4.74 Å². The van der Waals surface area contributed by atoms with Gasteiger partial charge in [0, 0.05) is 24.3 Å². The van der Waals surface area contributed by atoms with Crippen LogP contribution >= 0.6 is 0 Å². The van der Waals surface area contributed by atoms with Crippen LogP contribution in [-0.2, 0) is 14.3 Å². The van der Waals surface area contributed by atoms with Crippen LogP contribution in [0.4, 0.5) is 20.2 Å². The molecule has 0 spiro atoms. The Morgan fingerprint density at radius 2 is 1.76 bits per heavy atom. The maximum atomic E-state index is 12.1. The molecule has 0 aromatic heterocycles. The molecule has 152 valence electrons. The van der Waals surface area contributed by atoms with Gasteiger partial charge in [-0.2, -0.15) is 8.78 Å². The predicted molar refractivity (Wildman–Crippen MR) is 100 cm³/mol. The van der Waals surface area contributed by atoms with Gasteiger partial charge in [-0.3, -0.25) is 9.59 Å². The van der Waals surface area contributed by atoms with Gasteiger partial charge in [-0.25, -0.2) is 4.79 Å². The summed E-state index contributed by atoms with van der Waals surface area (Å²) in [6.45, 7) is -2.79. The number of anilines is 2. The number of ether oxygens (including phenoxy) is 2. The Bertz CT molecular complexity index is 885. The summed E-state index contributed by atoms with van der Waals surface area (Å²) in [6, 6.07) is 11.7. The first-order valence-corrected chi connectivity index (χ1v) is 8.84. The molecule has 9 heteroatoms. The Hall–Kier alpha value is -3.49. The number of nitrogens with one attached hydrogen (secondary N) is 1. The number of hydrogen-bond acceptors (Lipinski definition) is 5. The molecule has 2 aromatic carbocycles. The molecule has 1 fully saturated rings. The average Bonchev–Trinajstić information content (AvgIpc) is 3.13. The number of carbonyl (C=O) groups excluding carboxylic acids is 3. The van der Waals surface area contributed by atoms with E-state index in [0.29, 0.717) is 18.7 Å². The summed E-state index contributed by atoms with van der Waals surface area (Å²) in [6.07, 6.45) is 1.36. The number of esters is 1. The van der Waals surface area contributed by atoms with Crippen molar-refractivity contribution in [2.24, 2.45) is 0 Å². The normalized spacial score (nSPS) is 13.5. The Morgan fingerprint density at radius 3 is 2.34 bits per heavy atom. The minimum absolute atomic E-state index is 0.0718. The number of hydrogen-bond donors (Lipinski definition) is 1. The highest BCUT2D eigenvalue weighted by Gasteiger charge is 2.21. The van der Waals surface area contributed by atoms with Crippen LogP contribution in [0.5, 0.6) is 5.75 Å². The zero-order valence-corrected chi connectivity index (χ0v) is 15.3. The Kier molecular flexibility index (Phi) is 6.38. The van der Waals surface area contributed by atoms with Crippen molar-refractivity contribution in [1.29, 1.82) is 0 Å². The fourth-order valence-corrected chi connectivity index (χ4v) is 2.83. The van der Waals surface area contributed by atoms with Crippen LogP contribution < -0.4 is 15.0 Å². The van der Waals surface area contributed by atoms with E-state index in [1.165, 1.54) is 24.3 Å². The number of nitrogens with zero attached hydrogens (tertiary/aromatic N) is 1. The Morgan fingerprint density at radius 1 is 1.07 bits per heavy atom. The van der Waals surface area contributed by atoms with Crippen LogP contribution in [0.2, 0.25) is 0 Å². The molecule has 7 nitrogen and oxygen atoms in total. The average molecular weight is 404 g/mol. The van der Waals surface area contributed by atoms with Crippen LogP contribution in [0.15, 0.2) is 48.5 Å². The number of benzene rings is 2. The first kappa shape index (κ1) is 20.2. The molecule has 3 rings (SSSR count). The highest BCUT2D eigenvalue weighted by Crippen LogP contribution is 2.23. The van der Waals surface area contributed by atoms with Gasteiger partial charge in [-0.15, -0.1) is 0 Å². The Labute approximate surface area is 165 Å². The van der Waals surface area contributed by atoms with Crippen LogP contribution in [0.1, 0.15) is 23.2 Å². The van der Waals surface area contributed by atoms with E-state index in [-0.39, 0.29) is 17.2 Å². The molecular weight excluding hydrogens is 386 g/mol. The SMILES string of the molecule is O=C(COC(=O)c1ccc(OC(F)F)cc1)Nc1ccc(N2CCCC2=O)cc1. The van der Waals surface area contributed by atoms with Crippen LogP contribution in [0.25, 0.3) is 0 Å². The first-order chi connectivity index (χ1) is 13.9. The largest absolute Gasteiger partial charge is 0.452 e. The maximum Gasteiger partial charge on any atom is 0.387 e. The molecule has 0 bridgehead atoms. The van der Waals surface area contributed by atoms with Crippen LogP contribution in [0.3, 0.4) is 0 Å². The molecule has 1 heterocycles. The second kappa shape index (κ2) is 9.13. The molecular formula is C20H18F2N2O5. The van der Waals surface area contributed by atoms with E-state index in [1.54, 1.807) is 29.2 Å². The number of alkyl halides is 2. The van der Waals surface area contributed by atoms with Crippen LogP contribution in [0, 0.1) is 0 Å². The topological polar surface area (TPSA) is 84.9 Å². The van der Waals surface area contributed by atoms with Crippen molar-refractivity contribution in [1.82, 2.24) is 0 Å². The summed E-state index contributed by atoms with van der Waals surface area (Å²) in [4.78, 5) is 37.3. The summed E-state index contributed by atoms with van der Waals surface area (Å²) in [7, 11) is 0. The molecule has 2 amide bonds. The Balaban J connectivity index is 1.48. The van der Waals surface area contributed by atoms with Gasteiger partial charge in [-0.05, 0) is 55.0 Å². The number of rotatable bonds is 7. The highest BCUT2D eigenvalue weighted by atomic mass is 19.3. The van der Waals surface area contributed by atoms with E-state index in [2.05, 4.69) is 10.1 Å². The lowest BCUT2D eigenvalue weighted by molar-refractivity contribution is -0.119. The van der Waals surface area contributed by atoms with Gasteiger partial charge in [0.05, 0.1) is 5.56 Å². The van der Waals surface area contributed by atoms with Crippen molar-refractivity contribution < 1.29 is 32.6 Å². The van der Waals surface area contributed by atoms with Gasteiger partial charge < -0.3 is 19.7 Å². The molecule has 0 aliphatic carbocycles. The smallest absolute Gasteiger partial charge is 0.387 e. The third kappa shape index (κ3) is 5.50. The van der Waals surface area contributed by atoms with Gasteiger partial charge in [0.15, 0.2) is 6.61 Å². The second-order valence-electron chi connectivity index (χ2n) is 6.22. The summed E-state index contributed by atoms with van der Waals surface area (Å²) in [5, 5.41) is 2.59. The molecule has 0 atom stereocenters.